The van der Waals surface area contributed by atoms with Crippen molar-refractivity contribution in [3.8, 4) is 0 Å². The van der Waals surface area contributed by atoms with Crippen LogP contribution < -0.4 is 5.63 Å². The van der Waals surface area contributed by atoms with Gasteiger partial charge in [-0.25, -0.2) is 4.79 Å². The summed E-state index contributed by atoms with van der Waals surface area (Å²) in [6.45, 7) is 5.74. The molecule has 5 heteroatoms. The Morgan fingerprint density at radius 1 is 1.20 bits per heavy atom. The van der Waals surface area contributed by atoms with E-state index in [9.17, 15) is 9.90 Å². The number of aryl methyl sites for hydroxylation is 2. The third-order valence-electron chi connectivity index (χ3n) is 4.46. The molecule has 25 heavy (non-hydrogen) atoms. The summed E-state index contributed by atoms with van der Waals surface area (Å²) in [7, 11) is 0. The number of hydrogen-bond donors (Lipinski definition) is 1. The first kappa shape index (κ1) is 17.3. The highest BCUT2D eigenvalue weighted by Gasteiger charge is 2.13. The number of aliphatic hydroxyl groups excluding tert-OH is 1. The fourth-order valence-corrected chi connectivity index (χ4v) is 3.00. The maximum atomic E-state index is 12.0. The number of hydrogen-bond acceptors (Lipinski definition) is 5. The molecule has 0 unspecified atom stereocenters. The number of aromatic nitrogens is 1. The van der Waals surface area contributed by atoms with Crippen LogP contribution in [0.25, 0.3) is 11.0 Å². The van der Waals surface area contributed by atoms with Gasteiger partial charge in [0.1, 0.15) is 5.58 Å². The van der Waals surface area contributed by atoms with E-state index in [0.717, 1.165) is 27.6 Å². The summed E-state index contributed by atoms with van der Waals surface area (Å²) in [6.07, 6.45) is 3.55. The van der Waals surface area contributed by atoms with Crippen molar-refractivity contribution in [3.63, 3.8) is 0 Å². The van der Waals surface area contributed by atoms with Crippen molar-refractivity contribution in [2.24, 2.45) is 0 Å². The van der Waals surface area contributed by atoms with Gasteiger partial charge in [-0.1, -0.05) is 18.2 Å². The molecule has 130 valence electrons. The third-order valence-corrected chi connectivity index (χ3v) is 4.46. The van der Waals surface area contributed by atoms with Crippen molar-refractivity contribution < 1.29 is 9.52 Å². The molecule has 0 aliphatic heterocycles. The van der Waals surface area contributed by atoms with E-state index in [1.165, 1.54) is 0 Å². The smallest absolute Gasteiger partial charge is 0.336 e. The van der Waals surface area contributed by atoms with Crippen LogP contribution in [0, 0.1) is 13.8 Å². The van der Waals surface area contributed by atoms with E-state index in [1.54, 1.807) is 12.3 Å². The molecule has 0 aliphatic carbocycles. The molecule has 0 atom stereocenters. The first-order valence-electron chi connectivity index (χ1n) is 8.33. The van der Waals surface area contributed by atoms with Crippen molar-refractivity contribution in [3.05, 3.63) is 75.4 Å². The largest absolute Gasteiger partial charge is 0.422 e. The van der Waals surface area contributed by atoms with E-state index in [2.05, 4.69) is 9.88 Å². The van der Waals surface area contributed by atoms with Crippen molar-refractivity contribution in [2.45, 2.75) is 26.9 Å². The van der Waals surface area contributed by atoms with Crippen molar-refractivity contribution >= 4 is 11.0 Å². The van der Waals surface area contributed by atoms with Crippen LogP contribution in [0.15, 0.2) is 51.9 Å². The highest BCUT2D eigenvalue weighted by molar-refractivity contribution is 5.83. The number of aliphatic hydroxyl groups is 1. The van der Waals surface area contributed by atoms with Gasteiger partial charge in [-0.3, -0.25) is 9.88 Å². The highest BCUT2D eigenvalue weighted by Crippen LogP contribution is 2.24. The molecule has 0 amide bonds. The van der Waals surface area contributed by atoms with Gasteiger partial charge in [-0.05, 0) is 42.2 Å². The lowest BCUT2D eigenvalue weighted by Gasteiger charge is -2.22. The van der Waals surface area contributed by atoms with E-state index in [1.807, 2.05) is 44.3 Å². The predicted octanol–water partition coefficient (Wildman–Crippen LogP) is 2.80. The van der Waals surface area contributed by atoms with Gasteiger partial charge in [-0.2, -0.15) is 0 Å². The summed E-state index contributed by atoms with van der Waals surface area (Å²) in [5, 5.41) is 10.3. The minimum absolute atomic E-state index is 0.0533. The maximum Gasteiger partial charge on any atom is 0.336 e. The third kappa shape index (κ3) is 3.95. The molecule has 0 aliphatic rings. The molecule has 1 N–H and O–H groups in total. The van der Waals surface area contributed by atoms with Crippen LogP contribution in [0.4, 0.5) is 0 Å². The summed E-state index contributed by atoms with van der Waals surface area (Å²) in [4.78, 5) is 18.3. The second-order valence-corrected chi connectivity index (χ2v) is 6.27. The molecule has 0 bridgehead atoms. The molecular weight excluding hydrogens is 316 g/mol. The number of fused-ring (bicyclic) bond motifs is 1. The van der Waals surface area contributed by atoms with Gasteiger partial charge in [0.25, 0.3) is 0 Å². The van der Waals surface area contributed by atoms with Gasteiger partial charge in [0.15, 0.2) is 0 Å². The fraction of sp³-hybridized carbons (Fsp3) is 0.300. The van der Waals surface area contributed by atoms with Crippen LogP contribution in [0.5, 0.6) is 0 Å². The Kier molecular flexibility index (Phi) is 5.26. The molecule has 0 saturated heterocycles. The van der Waals surface area contributed by atoms with Crippen LogP contribution in [-0.2, 0) is 13.1 Å². The predicted molar refractivity (Wildman–Crippen MR) is 97.4 cm³/mol. The Balaban J connectivity index is 1.97. The summed E-state index contributed by atoms with van der Waals surface area (Å²) < 4.78 is 5.44. The van der Waals surface area contributed by atoms with Crippen molar-refractivity contribution in [2.75, 3.05) is 13.2 Å². The zero-order valence-electron chi connectivity index (χ0n) is 14.5. The summed E-state index contributed by atoms with van der Waals surface area (Å²) in [6, 6.07) is 9.48. The molecule has 3 aromatic rings. The van der Waals surface area contributed by atoms with Gasteiger partial charge in [-0.15, -0.1) is 0 Å². The number of pyridine rings is 1. The second-order valence-electron chi connectivity index (χ2n) is 6.27. The topological polar surface area (TPSA) is 66.6 Å². The van der Waals surface area contributed by atoms with Gasteiger partial charge in [0.05, 0.1) is 6.61 Å². The van der Waals surface area contributed by atoms with Gasteiger partial charge < -0.3 is 9.52 Å². The summed E-state index contributed by atoms with van der Waals surface area (Å²) >= 11 is 0. The molecule has 0 spiro atoms. The Bertz CT molecular complexity index is 919. The van der Waals surface area contributed by atoms with E-state index in [4.69, 9.17) is 4.42 Å². The number of rotatable bonds is 6. The van der Waals surface area contributed by atoms with E-state index < -0.39 is 0 Å². The molecule has 0 radical (unpaired) electrons. The quantitative estimate of drug-likeness (QED) is 0.700. The molecule has 3 rings (SSSR count). The molecule has 2 aromatic heterocycles. The standard InChI is InChI=1S/C20H22N2O3/c1-14-5-6-18-17(10-19(24)25-20(18)15(14)2)13-22(8-9-23)12-16-4-3-7-21-11-16/h3-7,10-11,23H,8-9,12-13H2,1-2H3. The molecule has 1 aromatic carbocycles. The Morgan fingerprint density at radius 3 is 2.76 bits per heavy atom. The lowest BCUT2D eigenvalue weighted by atomic mass is 10.0. The van der Waals surface area contributed by atoms with E-state index in [0.29, 0.717) is 25.2 Å². The SMILES string of the molecule is Cc1ccc2c(CN(CCO)Cc3cccnc3)cc(=O)oc2c1C. The van der Waals surface area contributed by atoms with Gasteiger partial charge >= 0.3 is 5.63 Å². The second kappa shape index (κ2) is 7.59. The first-order valence-corrected chi connectivity index (χ1v) is 8.33. The van der Waals surface area contributed by atoms with E-state index in [-0.39, 0.29) is 12.2 Å². The Hall–Kier alpha value is -2.50. The van der Waals surface area contributed by atoms with Crippen LogP contribution in [0.3, 0.4) is 0 Å². The van der Waals surface area contributed by atoms with Crippen LogP contribution in [0.2, 0.25) is 0 Å². The van der Waals surface area contributed by atoms with Crippen LogP contribution in [-0.4, -0.2) is 28.1 Å². The van der Waals surface area contributed by atoms with E-state index >= 15 is 0 Å². The highest BCUT2D eigenvalue weighted by atomic mass is 16.4. The summed E-state index contributed by atoms with van der Waals surface area (Å²) in [5.41, 5.74) is 4.35. The normalized spacial score (nSPS) is 11.4. The molecule has 2 heterocycles. The lowest BCUT2D eigenvalue weighted by Crippen LogP contribution is -2.26. The molecule has 5 nitrogen and oxygen atoms in total. The molecule has 0 fully saturated rings. The van der Waals surface area contributed by atoms with Crippen LogP contribution >= 0.6 is 0 Å². The average molecular weight is 338 g/mol. The average Bonchev–Trinajstić information content (AvgIpc) is 2.59. The number of benzene rings is 1. The Labute approximate surface area is 146 Å². The molecule has 0 saturated carbocycles. The zero-order valence-corrected chi connectivity index (χ0v) is 14.5. The minimum Gasteiger partial charge on any atom is -0.422 e. The zero-order chi connectivity index (χ0) is 17.8. The Morgan fingerprint density at radius 2 is 2.04 bits per heavy atom. The fourth-order valence-electron chi connectivity index (χ4n) is 3.00. The maximum absolute atomic E-state index is 12.0. The van der Waals surface area contributed by atoms with Gasteiger partial charge in [0, 0.05) is 43.5 Å². The minimum atomic E-state index is -0.346. The summed E-state index contributed by atoms with van der Waals surface area (Å²) in [5.74, 6) is 0. The molecular formula is C20H22N2O3. The lowest BCUT2D eigenvalue weighted by molar-refractivity contribution is 0.184. The van der Waals surface area contributed by atoms with Crippen molar-refractivity contribution in [1.82, 2.24) is 9.88 Å². The van der Waals surface area contributed by atoms with Gasteiger partial charge in [0.2, 0.25) is 0 Å². The first-order chi connectivity index (χ1) is 12.1. The van der Waals surface area contributed by atoms with Crippen molar-refractivity contribution in [1.29, 1.82) is 0 Å². The number of nitrogens with zero attached hydrogens (tertiary/aromatic N) is 2. The monoisotopic (exact) mass is 338 g/mol. The van der Waals surface area contributed by atoms with Crippen LogP contribution in [0.1, 0.15) is 22.3 Å².